The van der Waals surface area contributed by atoms with Crippen molar-refractivity contribution in [2.75, 3.05) is 31.0 Å². The predicted octanol–water partition coefficient (Wildman–Crippen LogP) is 3.02. The summed E-state index contributed by atoms with van der Waals surface area (Å²) in [6, 6.07) is 12.7. The lowest BCUT2D eigenvalue weighted by molar-refractivity contribution is -0.113. The maximum absolute atomic E-state index is 12.1. The van der Waals surface area contributed by atoms with E-state index in [1.807, 2.05) is 24.3 Å². The van der Waals surface area contributed by atoms with Gasteiger partial charge in [-0.1, -0.05) is 12.1 Å². The zero-order valence-corrected chi connectivity index (χ0v) is 13.3. The quantitative estimate of drug-likeness (QED) is 0.632. The van der Waals surface area contributed by atoms with Crippen LogP contribution in [0.1, 0.15) is 0 Å². The maximum atomic E-state index is 12.1. The average molecular weight is 318 g/mol. The lowest BCUT2D eigenvalue weighted by Gasteiger charge is -2.12. The molecule has 5 nitrogen and oxygen atoms in total. The van der Waals surface area contributed by atoms with E-state index in [4.69, 9.17) is 15.2 Å². The number of rotatable bonds is 6. The van der Waals surface area contributed by atoms with E-state index in [9.17, 15) is 4.79 Å². The predicted molar refractivity (Wildman–Crippen MR) is 89.8 cm³/mol. The molecule has 0 aliphatic rings. The average Bonchev–Trinajstić information content (AvgIpc) is 2.54. The topological polar surface area (TPSA) is 73.6 Å². The van der Waals surface area contributed by atoms with E-state index in [0.717, 1.165) is 4.90 Å². The molecular formula is C16H18N2O3S. The smallest absolute Gasteiger partial charge is 0.234 e. The van der Waals surface area contributed by atoms with Gasteiger partial charge in [0.05, 0.1) is 25.7 Å². The van der Waals surface area contributed by atoms with Crippen molar-refractivity contribution in [3.05, 3.63) is 42.5 Å². The number of thioether (sulfide) groups is 1. The normalized spacial score (nSPS) is 10.1. The summed E-state index contributed by atoms with van der Waals surface area (Å²) < 4.78 is 10.4. The minimum atomic E-state index is -0.139. The number of carbonyl (C=O) groups is 1. The molecular weight excluding hydrogens is 300 g/mol. The Hall–Kier alpha value is -2.34. The number of nitrogen functional groups attached to an aromatic ring is 1. The molecule has 2 aromatic rings. The van der Waals surface area contributed by atoms with Crippen molar-refractivity contribution in [1.29, 1.82) is 0 Å². The van der Waals surface area contributed by atoms with E-state index in [2.05, 4.69) is 5.32 Å². The molecule has 0 saturated heterocycles. The standard InChI is InChI=1S/C16H18N2O3S/c1-20-11-7-8-14(21-2)13(9-11)18-16(19)10-22-15-6-4-3-5-12(15)17/h3-9H,10,17H2,1-2H3,(H,18,19). The molecule has 0 saturated carbocycles. The fraction of sp³-hybridized carbons (Fsp3) is 0.188. The molecule has 22 heavy (non-hydrogen) atoms. The third-order valence-electron chi connectivity index (χ3n) is 2.96. The van der Waals surface area contributed by atoms with Crippen LogP contribution >= 0.6 is 11.8 Å². The Morgan fingerprint density at radius 1 is 1.18 bits per heavy atom. The highest BCUT2D eigenvalue weighted by Gasteiger charge is 2.10. The van der Waals surface area contributed by atoms with Crippen LogP contribution in [0.2, 0.25) is 0 Å². The molecule has 0 aliphatic heterocycles. The number of carbonyl (C=O) groups excluding carboxylic acids is 1. The van der Waals surface area contributed by atoms with Crippen LogP contribution in [0.15, 0.2) is 47.4 Å². The van der Waals surface area contributed by atoms with Gasteiger partial charge in [0.15, 0.2) is 0 Å². The number of hydrogen-bond acceptors (Lipinski definition) is 5. The fourth-order valence-corrected chi connectivity index (χ4v) is 2.62. The third kappa shape index (κ3) is 4.08. The van der Waals surface area contributed by atoms with Gasteiger partial charge in [0.2, 0.25) is 5.91 Å². The molecule has 0 atom stereocenters. The highest BCUT2D eigenvalue weighted by molar-refractivity contribution is 8.00. The molecule has 1 amide bonds. The summed E-state index contributed by atoms with van der Waals surface area (Å²) in [5.74, 6) is 1.35. The van der Waals surface area contributed by atoms with E-state index in [0.29, 0.717) is 22.9 Å². The van der Waals surface area contributed by atoms with E-state index < -0.39 is 0 Å². The van der Waals surface area contributed by atoms with Gasteiger partial charge in [0.25, 0.3) is 0 Å². The zero-order valence-electron chi connectivity index (χ0n) is 12.5. The Morgan fingerprint density at radius 3 is 2.64 bits per heavy atom. The number of ether oxygens (including phenoxy) is 2. The Bertz CT molecular complexity index is 662. The van der Waals surface area contributed by atoms with Crippen LogP contribution in [0.4, 0.5) is 11.4 Å². The van der Waals surface area contributed by atoms with Gasteiger partial charge in [0, 0.05) is 16.6 Å². The Morgan fingerprint density at radius 2 is 1.95 bits per heavy atom. The number of hydrogen-bond donors (Lipinski definition) is 2. The first kappa shape index (κ1) is 16.0. The number of methoxy groups -OCH3 is 2. The second-order valence-electron chi connectivity index (χ2n) is 4.44. The van der Waals surface area contributed by atoms with E-state index in [1.165, 1.54) is 11.8 Å². The minimum absolute atomic E-state index is 0.139. The molecule has 0 bridgehead atoms. The summed E-state index contributed by atoms with van der Waals surface area (Å²) in [7, 11) is 3.12. The first-order valence-electron chi connectivity index (χ1n) is 6.63. The second kappa shape index (κ2) is 7.61. The molecule has 2 aromatic carbocycles. The van der Waals surface area contributed by atoms with E-state index in [1.54, 1.807) is 32.4 Å². The number of nitrogens with one attached hydrogen (secondary N) is 1. The van der Waals surface area contributed by atoms with Crippen molar-refractivity contribution >= 4 is 29.0 Å². The minimum Gasteiger partial charge on any atom is -0.497 e. The summed E-state index contributed by atoms with van der Waals surface area (Å²) >= 11 is 1.39. The molecule has 0 radical (unpaired) electrons. The monoisotopic (exact) mass is 318 g/mol. The van der Waals surface area contributed by atoms with Crippen molar-refractivity contribution in [2.24, 2.45) is 0 Å². The number of benzene rings is 2. The largest absolute Gasteiger partial charge is 0.497 e. The van der Waals surface area contributed by atoms with Gasteiger partial charge in [0.1, 0.15) is 11.5 Å². The second-order valence-corrected chi connectivity index (χ2v) is 5.46. The number of nitrogens with two attached hydrogens (primary N) is 1. The van der Waals surface area contributed by atoms with Gasteiger partial charge < -0.3 is 20.5 Å². The van der Waals surface area contributed by atoms with Crippen molar-refractivity contribution in [2.45, 2.75) is 4.90 Å². The summed E-state index contributed by atoms with van der Waals surface area (Å²) in [5, 5.41) is 2.82. The van der Waals surface area contributed by atoms with Crippen LogP contribution < -0.4 is 20.5 Å². The lowest BCUT2D eigenvalue weighted by Crippen LogP contribution is -2.14. The molecule has 0 aromatic heterocycles. The highest BCUT2D eigenvalue weighted by Crippen LogP contribution is 2.29. The van der Waals surface area contributed by atoms with E-state index >= 15 is 0 Å². The first-order chi connectivity index (χ1) is 10.6. The van der Waals surface area contributed by atoms with Gasteiger partial charge in [-0.05, 0) is 24.3 Å². The number of amides is 1. The molecule has 0 fully saturated rings. The van der Waals surface area contributed by atoms with Gasteiger partial charge in [-0.3, -0.25) is 4.79 Å². The van der Waals surface area contributed by atoms with E-state index in [-0.39, 0.29) is 11.7 Å². The third-order valence-corrected chi connectivity index (χ3v) is 4.05. The van der Waals surface area contributed by atoms with Crippen LogP contribution in [0.3, 0.4) is 0 Å². The van der Waals surface area contributed by atoms with Crippen molar-refractivity contribution in [3.63, 3.8) is 0 Å². The van der Waals surface area contributed by atoms with Crippen molar-refractivity contribution in [3.8, 4) is 11.5 Å². The van der Waals surface area contributed by atoms with Crippen LogP contribution in [0, 0.1) is 0 Å². The summed E-state index contributed by atoms with van der Waals surface area (Å²) in [5.41, 5.74) is 7.10. The Labute approximate surface area is 133 Å². The molecule has 0 spiro atoms. The van der Waals surface area contributed by atoms with Crippen LogP contribution in [0.5, 0.6) is 11.5 Å². The van der Waals surface area contributed by atoms with Gasteiger partial charge >= 0.3 is 0 Å². The first-order valence-corrected chi connectivity index (χ1v) is 7.61. The van der Waals surface area contributed by atoms with Crippen molar-refractivity contribution in [1.82, 2.24) is 0 Å². The highest BCUT2D eigenvalue weighted by atomic mass is 32.2. The Kier molecular flexibility index (Phi) is 5.55. The Balaban J connectivity index is 2.01. The maximum Gasteiger partial charge on any atom is 0.234 e. The van der Waals surface area contributed by atoms with Crippen molar-refractivity contribution < 1.29 is 14.3 Å². The lowest BCUT2D eigenvalue weighted by atomic mass is 10.2. The molecule has 0 aliphatic carbocycles. The SMILES string of the molecule is COc1ccc(OC)c(NC(=O)CSc2ccccc2N)c1. The number of para-hydroxylation sites is 1. The zero-order chi connectivity index (χ0) is 15.9. The van der Waals surface area contributed by atoms with Crippen LogP contribution in [-0.2, 0) is 4.79 Å². The molecule has 3 N–H and O–H groups in total. The molecule has 0 unspecified atom stereocenters. The summed E-state index contributed by atoms with van der Waals surface area (Å²) in [6.45, 7) is 0. The summed E-state index contributed by atoms with van der Waals surface area (Å²) in [6.07, 6.45) is 0. The molecule has 0 heterocycles. The van der Waals surface area contributed by atoms with Crippen LogP contribution in [-0.4, -0.2) is 25.9 Å². The molecule has 2 rings (SSSR count). The molecule has 6 heteroatoms. The summed E-state index contributed by atoms with van der Waals surface area (Å²) in [4.78, 5) is 13.0. The van der Waals surface area contributed by atoms with Crippen LogP contribution in [0.25, 0.3) is 0 Å². The fourth-order valence-electron chi connectivity index (χ4n) is 1.85. The van der Waals surface area contributed by atoms with Gasteiger partial charge in [-0.15, -0.1) is 11.8 Å². The number of anilines is 2. The van der Waals surface area contributed by atoms with Gasteiger partial charge in [-0.2, -0.15) is 0 Å². The molecule has 116 valence electrons. The van der Waals surface area contributed by atoms with Gasteiger partial charge in [-0.25, -0.2) is 0 Å².